The maximum Gasteiger partial charge on any atom is 0.206 e. The third-order valence-electron chi connectivity index (χ3n) is 3.59. The van der Waals surface area contributed by atoms with Gasteiger partial charge in [-0.2, -0.15) is 5.26 Å². The number of nitriles is 1. The van der Waals surface area contributed by atoms with Gasteiger partial charge in [-0.25, -0.2) is 0 Å². The number of hydrogen-bond acceptors (Lipinski definition) is 5. The van der Waals surface area contributed by atoms with Gasteiger partial charge in [0.05, 0.1) is 36.9 Å². The molecular formula is C19H15Cl2NO4. The van der Waals surface area contributed by atoms with Gasteiger partial charge in [-0.15, -0.1) is 0 Å². The Bertz CT molecular complexity index is 896. The molecule has 0 aromatic heterocycles. The normalized spacial score (nSPS) is 10.8. The van der Waals surface area contributed by atoms with E-state index in [1.165, 1.54) is 39.5 Å². The zero-order valence-corrected chi connectivity index (χ0v) is 15.8. The van der Waals surface area contributed by atoms with Crippen LogP contribution in [-0.2, 0) is 0 Å². The lowest BCUT2D eigenvalue weighted by atomic mass is 10.0. The van der Waals surface area contributed by atoms with Crippen LogP contribution in [0, 0.1) is 11.3 Å². The van der Waals surface area contributed by atoms with Gasteiger partial charge in [-0.1, -0.05) is 29.3 Å². The molecule has 5 nitrogen and oxygen atoms in total. The zero-order chi connectivity index (χ0) is 19.3. The van der Waals surface area contributed by atoms with Gasteiger partial charge < -0.3 is 14.2 Å². The maximum atomic E-state index is 12.7. The lowest BCUT2D eigenvalue weighted by Crippen LogP contribution is -2.04. The van der Waals surface area contributed by atoms with E-state index in [1.807, 2.05) is 6.07 Å². The molecule has 134 valence electrons. The first kappa shape index (κ1) is 19.6. The number of carbonyl (C=O) groups excluding carboxylic acids is 1. The number of allylic oxidation sites excluding steroid dienone is 1. The van der Waals surface area contributed by atoms with Gasteiger partial charge in [0.2, 0.25) is 5.78 Å². The predicted octanol–water partition coefficient (Wildman–Crippen LogP) is 4.81. The molecule has 2 aromatic rings. The Morgan fingerprint density at radius 1 is 1.00 bits per heavy atom. The number of carbonyl (C=O) groups is 1. The topological polar surface area (TPSA) is 68.6 Å². The van der Waals surface area contributed by atoms with Gasteiger partial charge in [0.1, 0.15) is 17.4 Å². The van der Waals surface area contributed by atoms with Gasteiger partial charge in [0.15, 0.2) is 11.5 Å². The monoisotopic (exact) mass is 391 g/mol. The number of ketones is 1. The lowest BCUT2D eigenvalue weighted by molar-refractivity contribution is 0.104. The predicted molar refractivity (Wildman–Crippen MR) is 100 cm³/mol. The number of methoxy groups -OCH3 is 3. The van der Waals surface area contributed by atoms with Crippen LogP contribution in [0.15, 0.2) is 35.9 Å². The van der Waals surface area contributed by atoms with Crippen LogP contribution in [-0.4, -0.2) is 27.1 Å². The highest BCUT2D eigenvalue weighted by Gasteiger charge is 2.20. The Hall–Kier alpha value is -2.68. The molecule has 26 heavy (non-hydrogen) atoms. The van der Waals surface area contributed by atoms with Gasteiger partial charge in [-0.05, 0) is 24.3 Å². The number of halogens is 2. The maximum absolute atomic E-state index is 12.7. The van der Waals surface area contributed by atoms with E-state index in [-0.39, 0.29) is 21.2 Å². The Labute approximate surface area is 161 Å². The number of Topliss-reactive ketones (excluding diaryl/α,β-unsaturated/α-hetero) is 1. The number of ether oxygens (including phenoxy) is 3. The van der Waals surface area contributed by atoms with Gasteiger partial charge >= 0.3 is 0 Å². The molecule has 0 aliphatic heterocycles. The number of rotatable bonds is 6. The number of benzene rings is 2. The molecular weight excluding hydrogens is 377 g/mol. The molecule has 0 unspecified atom stereocenters. The Morgan fingerprint density at radius 3 is 2.04 bits per heavy atom. The molecule has 0 aliphatic rings. The first-order chi connectivity index (χ1) is 12.5. The first-order valence-electron chi connectivity index (χ1n) is 7.37. The molecule has 0 aliphatic carbocycles. The van der Waals surface area contributed by atoms with Gasteiger partial charge in [-0.3, -0.25) is 4.79 Å². The summed E-state index contributed by atoms with van der Waals surface area (Å²) in [6.07, 6.45) is 1.39. The highest BCUT2D eigenvalue weighted by molar-refractivity contribution is 6.41. The standard InChI is InChI=1S/C19H15Cl2NO4/c1-24-15-9-17(26-3)16(25-2)8-11(15)7-12(10-22)19(23)18-13(20)5-4-6-14(18)21/h4-9H,1-3H3. The minimum absolute atomic E-state index is 0.0723. The van der Waals surface area contributed by atoms with Crippen LogP contribution >= 0.6 is 23.2 Å². The van der Waals surface area contributed by atoms with E-state index in [0.29, 0.717) is 22.8 Å². The van der Waals surface area contributed by atoms with E-state index < -0.39 is 5.78 Å². The summed E-state index contributed by atoms with van der Waals surface area (Å²) in [6, 6.07) is 9.79. The molecule has 0 radical (unpaired) electrons. The van der Waals surface area contributed by atoms with Crippen LogP contribution in [0.1, 0.15) is 15.9 Å². The summed E-state index contributed by atoms with van der Waals surface area (Å²) in [6.45, 7) is 0. The van der Waals surface area contributed by atoms with Crippen LogP contribution < -0.4 is 14.2 Å². The largest absolute Gasteiger partial charge is 0.496 e. The van der Waals surface area contributed by atoms with E-state index in [4.69, 9.17) is 37.4 Å². The summed E-state index contributed by atoms with van der Waals surface area (Å²) in [5.74, 6) is 0.717. The summed E-state index contributed by atoms with van der Waals surface area (Å²) < 4.78 is 15.8. The Morgan fingerprint density at radius 2 is 1.54 bits per heavy atom. The Kier molecular flexibility index (Phi) is 6.51. The third-order valence-corrected chi connectivity index (χ3v) is 4.22. The van der Waals surface area contributed by atoms with Crippen LogP contribution in [0.25, 0.3) is 6.08 Å². The molecule has 0 N–H and O–H groups in total. The molecule has 0 heterocycles. The zero-order valence-electron chi connectivity index (χ0n) is 14.3. The molecule has 0 saturated carbocycles. The molecule has 0 atom stereocenters. The number of hydrogen-bond donors (Lipinski definition) is 0. The van der Waals surface area contributed by atoms with Crippen molar-refractivity contribution in [3.05, 3.63) is 57.1 Å². The SMILES string of the molecule is COc1cc(OC)c(OC)cc1C=C(C#N)C(=O)c1c(Cl)cccc1Cl. The van der Waals surface area contributed by atoms with Gasteiger partial charge in [0.25, 0.3) is 0 Å². The molecule has 0 bridgehead atoms. The van der Waals surface area contributed by atoms with Crippen molar-refractivity contribution in [1.29, 1.82) is 5.26 Å². The Balaban J connectivity index is 2.59. The van der Waals surface area contributed by atoms with Crippen LogP contribution in [0.5, 0.6) is 17.2 Å². The van der Waals surface area contributed by atoms with Crippen LogP contribution in [0.3, 0.4) is 0 Å². The minimum atomic E-state index is -0.583. The minimum Gasteiger partial charge on any atom is -0.496 e. The molecule has 0 amide bonds. The fourth-order valence-corrected chi connectivity index (χ4v) is 2.89. The average Bonchev–Trinajstić information content (AvgIpc) is 2.65. The van der Waals surface area contributed by atoms with Crippen molar-refractivity contribution >= 4 is 35.1 Å². The summed E-state index contributed by atoms with van der Waals surface area (Å²) in [5.41, 5.74) is 0.395. The van der Waals surface area contributed by atoms with Crippen molar-refractivity contribution in [3.8, 4) is 23.3 Å². The van der Waals surface area contributed by atoms with E-state index >= 15 is 0 Å². The molecule has 2 rings (SSSR count). The van der Waals surface area contributed by atoms with Crippen molar-refractivity contribution in [2.45, 2.75) is 0 Å². The highest BCUT2D eigenvalue weighted by Crippen LogP contribution is 2.36. The van der Waals surface area contributed by atoms with Crippen molar-refractivity contribution in [2.75, 3.05) is 21.3 Å². The molecule has 0 spiro atoms. The van der Waals surface area contributed by atoms with Crippen LogP contribution in [0.4, 0.5) is 0 Å². The summed E-state index contributed by atoms with van der Waals surface area (Å²) in [4.78, 5) is 12.7. The van der Waals surface area contributed by atoms with E-state index in [1.54, 1.807) is 18.2 Å². The fraction of sp³-hybridized carbons (Fsp3) is 0.158. The second-order valence-electron chi connectivity index (χ2n) is 5.04. The molecule has 0 saturated heterocycles. The number of nitrogens with zero attached hydrogens (tertiary/aromatic N) is 1. The second kappa shape index (κ2) is 8.61. The summed E-state index contributed by atoms with van der Waals surface area (Å²) in [5, 5.41) is 9.81. The highest BCUT2D eigenvalue weighted by atomic mass is 35.5. The van der Waals surface area contributed by atoms with Crippen molar-refractivity contribution in [3.63, 3.8) is 0 Å². The summed E-state index contributed by atoms with van der Waals surface area (Å²) in [7, 11) is 4.45. The van der Waals surface area contributed by atoms with Crippen molar-refractivity contribution in [2.24, 2.45) is 0 Å². The molecule has 2 aromatic carbocycles. The van der Waals surface area contributed by atoms with E-state index in [9.17, 15) is 10.1 Å². The average molecular weight is 392 g/mol. The smallest absolute Gasteiger partial charge is 0.206 e. The third kappa shape index (κ3) is 3.93. The van der Waals surface area contributed by atoms with Crippen molar-refractivity contribution in [1.82, 2.24) is 0 Å². The quantitative estimate of drug-likeness (QED) is 0.401. The molecule has 0 fully saturated rings. The van der Waals surface area contributed by atoms with E-state index in [2.05, 4.69) is 0 Å². The fourth-order valence-electron chi connectivity index (χ4n) is 2.32. The summed E-state index contributed by atoms with van der Waals surface area (Å²) >= 11 is 12.1. The van der Waals surface area contributed by atoms with Crippen molar-refractivity contribution < 1.29 is 19.0 Å². The van der Waals surface area contributed by atoms with Crippen LogP contribution in [0.2, 0.25) is 10.0 Å². The second-order valence-corrected chi connectivity index (χ2v) is 5.86. The van der Waals surface area contributed by atoms with E-state index in [0.717, 1.165) is 0 Å². The molecule has 7 heteroatoms. The van der Waals surface area contributed by atoms with Gasteiger partial charge in [0, 0.05) is 11.6 Å². The first-order valence-corrected chi connectivity index (χ1v) is 8.12. The lowest BCUT2D eigenvalue weighted by Gasteiger charge is -2.12.